The van der Waals surface area contributed by atoms with Gasteiger partial charge in [0.05, 0.1) is 23.2 Å². The summed E-state index contributed by atoms with van der Waals surface area (Å²) in [6.07, 6.45) is -5.24. The SMILES string of the molecule is CC(C)Oc1cc(OC(F)(F)F)cc([N+](=O)[O-])c1. The fourth-order valence-corrected chi connectivity index (χ4v) is 1.19. The van der Waals surface area contributed by atoms with Crippen LogP contribution >= 0.6 is 0 Å². The van der Waals surface area contributed by atoms with Gasteiger partial charge in [-0.2, -0.15) is 0 Å². The Morgan fingerprint density at radius 1 is 1.22 bits per heavy atom. The summed E-state index contributed by atoms with van der Waals surface area (Å²) in [5, 5.41) is 10.6. The van der Waals surface area contributed by atoms with Crippen LogP contribution in [0.2, 0.25) is 0 Å². The highest BCUT2D eigenvalue weighted by Crippen LogP contribution is 2.31. The Morgan fingerprint density at radius 2 is 1.78 bits per heavy atom. The van der Waals surface area contributed by atoms with Crippen LogP contribution in [-0.2, 0) is 0 Å². The first-order valence-corrected chi connectivity index (χ1v) is 4.89. The number of hydrogen-bond acceptors (Lipinski definition) is 4. The summed E-state index contributed by atoms with van der Waals surface area (Å²) in [5.74, 6) is -0.745. The van der Waals surface area contributed by atoms with E-state index < -0.39 is 22.7 Å². The summed E-state index contributed by atoms with van der Waals surface area (Å²) in [5.41, 5.74) is -0.535. The maximum atomic E-state index is 12.0. The summed E-state index contributed by atoms with van der Waals surface area (Å²) in [7, 11) is 0. The largest absolute Gasteiger partial charge is 0.573 e. The van der Waals surface area contributed by atoms with Crippen LogP contribution in [0.1, 0.15) is 13.8 Å². The first-order valence-electron chi connectivity index (χ1n) is 4.89. The molecule has 0 aliphatic heterocycles. The molecule has 8 heteroatoms. The number of nitrogens with zero attached hydrogens (tertiary/aromatic N) is 1. The van der Waals surface area contributed by atoms with Crippen LogP contribution in [0.25, 0.3) is 0 Å². The molecule has 0 unspecified atom stereocenters. The molecule has 0 N–H and O–H groups in total. The lowest BCUT2D eigenvalue weighted by molar-refractivity contribution is -0.385. The molecule has 5 nitrogen and oxygen atoms in total. The Balaban J connectivity index is 3.10. The molecule has 0 saturated carbocycles. The molecule has 0 amide bonds. The number of nitro benzene ring substituents is 1. The number of benzene rings is 1. The smallest absolute Gasteiger partial charge is 0.491 e. The number of rotatable bonds is 4. The highest BCUT2D eigenvalue weighted by Gasteiger charge is 2.32. The summed E-state index contributed by atoms with van der Waals surface area (Å²) >= 11 is 0. The fraction of sp³-hybridized carbons (Fsp3) is 0.400. The Labute approximate surface area is 100 Å². The second-order valence-electron chi connectivity index (χ2n) is 3.63. The van der Waals surface area contributed by atoms with Crippen molar-refractivity contribution < 1.29 is 27.6 Å². The number of non-ortho nitro benzene ring substituents is 1. The summed E-state index contributed by atoms with van der Waals surface area (Å²) in [6, 6.07) is 2.66. The molecule has 0 radical (unpaired) electrons. The van der Waals surface area contributed by atoms with Crippen molar-refractivity contribution in [3.63, 3.8) is 0 Å². The average molecular weight is 265 g/mol. The van der Waals surface area contributed by atoms with Gasteiger partial charge < -0.3 is 9.47 Å². The molecule has 1 aromatic carbocycles. The van der Waals surface area contributed by atoms with Crippen LogP contribution in [-0.4, -0.2) is 17.4 Å². The molecule has 1 rings (SSSR count). The third-order valence-corrected chi connectivity index (χ3v) is 1.68. The molecule has 0 aromatic heterocycles. The fourth-order valence-electron chi connectivity index (χ4n) is 1.19. The van der Waals surface area contributed by atoms with E-state index in [-0.39, 0.29) is 11.9 Å². The second kappa shape index (κ2) is 5.11. The van der Waals surface area contributed by atoms with E-state index in [0.717, 1.165) is 12.1 Å². The number of halogens is 3. The minimum atomic E-state index is -4.91. The standard InChI is InChI=1S/C10H10F3NO4/c1-6(2)17-8-3-7(14(15)16)4-9(5-8)18-10(11,12)13/h3-6H,1-2H3. The van der Waals surface area contributed by atoms with Crippen molar-refractivity contribution in [3.8, 4) is 11.5 Å². The highest BCUT2D eigenvalue weighted by atomic mass is 19.4. The zero-order chi connectivity index (χ0) is 13.9. The van der Waals surface area contributed by atoms with Gasteiger partial charge >= 0.3 is 6.36 Å². The zero-order valence-electron chi connectivity index (χ0n) is 9.52. The second-order valence-corrected chi connectivity index (χ2v) is 3.63. The number of hydrogen-bond donors (Lipinski definition) is 0. The van der Waals surface area contributed by atoms with Gasteiger partial charge in [0, 0.05) is 6.07 Å². The predicted octanol–water partition coefficient (Wildman–Crippen LogP) is 3.28. The molecule has 18 heavy (non-hydrogen) atoms. The molecule has 0 spiro atoms. The van der Waals surface area contributed by atoms with Gasteiger partial charge in [0.1, 0.15) is 11.5 Å². The van der Waals surface area contributed by atoms with E-state index in [2.05, 4.69) is 4.74 Å². The van der Waals surface area contributed by atoms with E-state index in [1.807, 2.05) is 0 Å². The van der Waals surface area contributed by atoms with Crippen LogP contribution in [0.5, 0.6) is 11.5 Å². The third-order valence-electron chi connectivity index (χ3n) is 1.68. The summed E-state index contributed by atoms with van der Waals surface area (Å²) < 4.78 is 44.8. The van der Waals surface area contributed by atoms with E-state index >= 15 is 0 Å². The van der Waals surface area contributed by atoms with Crippen LogP contribution in [0.3, 0.4) is 0 Å². The normalized spacial score (nSPS) is 11.4. The van der Waals surface area contributed by atoms with E-state index in [0.29, 0.717) is 6.07 Å². The lowest BCUT2D eigenvalue weighted by Gasteiger charge is -2.12. The van der Waals surface area contributed by atoms with Crippen molar-refractivity contribution in [2.75, 3.05) is 0 Å². The zero-order valence-corrected chi connectivity index (χ0v) is 9.52. The molecule has 0 heterocycles. The number of alkyl halides is 3. The van der Waals surface area contributed by atoms with Crippen molar-refractivity contribution in [1.82, 2.24) is 0 Å². The van der Waals surface area contributed by atoms with Gasteiger partial charge in [0.15, 0.2) is 0 Å². The maximum absolute atomic E-state index is 12.0. The van der Waals surface area contributed by atoms with E-state index in [1.165, 1.54) is 0 Å². The lowest BCUT2D eigenvalue weighted by Crippen LogP contribution is -2.17. The van der Waals surface area contributed by atoms with E-state index in [9.17, 15) is 23.3 Å². The van der Waals surface area contributed by atoms with Crippen LogP contribution in [0.4, 0.5) is 18.9 Å². The van der Waals surface area contributed by atoms with Gasteiger partial charge in [-0.25, -0.2) is 0 Å². The first kappa shape index (κ1) is 14.1. The molecule has 100 valence electrons. The Bertz CT molecular complexity index is 445. The molecule has 0 bridgehead atoms. The summed E-state index contributed by atoms with van der Waals surface area (Å²) in [6.45, 7) is 3.28. The van der Waals surface area contributed by atoms with Crippen molar-refractivity contribution >= 4 is 5.69 Å². The Kier molecular flexibility index (Phi) is 4.00. The van der Waals surface area contributed by atoms with Gasteiger partial charge in [-0.3, -0.25) is 10.1 Å². The molecule has 0 atom stereocenters. The van der Waals surface area contributed by atoms with Crippen LogP contribution < -0.4 is 9.47 Å². The summed E-state index contributed by atoms with van der Waals surface area (Å²) in [4.78, 5) is 9.75. The molecule has 0 saturated heterocycles. The highest BCUT2D eigenvalue weighted by molar-refractivity contribution is 5.46. The number of nitro groups is 1. The third kappa shape index (κ3) is 4.48. The van der Waals surface area contributed by atoms with Gasteiger partial charge in [0.25, 0.3) is 5.69 Å². The topological polar surface area (TPSA) is 61.6 Å². The maximum Gasteiger partial charge on any atom is 0.573 e. The Hall–Kier alpha value is -1.99. The van der Waals surface area contributed by atoms with Crippen molar-refractivity contribution in [1.29, 1.82) is 0 Å². The van der Waals surface area contributed by atoms with Crippen molar-refractivity contribution in [3.05, 3.63) is 28.3 Å². The molecule has 0 aliphatic carbocycles. The van der Waals surface area contributed by atoms with E-state index in [1.54, 1.807) is 13.8 Å². The number of ether oxygens (including phenoxy) is 2. The van der Waals surface area contributed by atoms with Crippen LogP contribution in [0, 0.1) is 10.1 Å². The van der Waals surface area contributed by atoms with Crippen molar-refractivity contribution in [2.45, 2.75) is 26.3 Å². The molecule has 0 fully saturated rings. The lowest BCUT2D eigenvalue weighted by atomic mass is 10.3. The Morgan fingerprint density at radius 3 is 2.22 bits per heavy atom. The molecular weight excluding hydrogens is 255 g/mol. The van der Waals surface area contributed by atoms with Gasteiger partial charge in [-0.15, -0.1) is 13.2 Å². The predicted molar refractivity (Wildman–Crippen MR) is 55.5 cm³/mol. The first-order chi connectivity index (χ1) is 8.17. The van der Waals surface area contributed by atoms with E-state index in [4.69, 9.17) is 4.74 Å². The average Bonchev–Trinajstić information content (AvgIpc) is 2.12. The van der Waals surface area contributed by atoms with Crippen LogP contribution in [0.15, 0.2) is 18.2 Å². The monoisotopic (exact) mass is 265 g/mol. The molecular formula is C10H10F3NO4. The van der Waals surface area contributed by atoms with Crippen molar-refractivity contribution in [2.24, 2.45) is 0 Å². The minimum absolute atomic E-state index is 0.0570. The van der Waals surface area contributed by atoms with Gasteiger partial charge in [-0.1, -0.05) is 0 Å². The molecule has 0 aliphatic rings. The minimum Gasteiger partial charge on any atom is -0.491 e. The quantitative estimate of drug-likeness (QED) is 0.619. The molecule has 1 aromatic rings. The van der Waals surface area contributed by atoms with Gasteiger partial charge in [0.2, 0.25) is 0 Å². The van der Waals surface area contributed by atoms with Gasteiger partial charge in [-0.05, 0) is 13.8 Å².